The fraction of sp³-hybridized carbons (Fsp3) is 0.300. The third kappa shape index (κ3) is 5.21. The van der Waals surface area contributed by atoms with Crippen LogP contribution in [0.15, 0.2) is 48.5 Å². The molecule has 3 amide bonds. The number of hydrogen-bond donors (Lipinski definition) is 3. The molecule has 0 saturated carbocycles. The summed E-state index contributed by atoms with van der Waals surface area (Å²) in [7, 11) is 1.56. The summed E-state index contributed by atoms with van der Waals surface area (Å²) < 4.78 is 10.7. The van der Waals surface area contributed by atoms with Crippen LogP contribution in [-0.2, 0) is 4.74 Å². The average Bonchev–Trinajstić information content (AvgIpc) is 3.20. The Kier molecular flexibility index (Phi) is 6.27. The molecule has 0 radical (unpaired) electrons. The lowest BCUT2D eigenvalue weighted by Crippen LogP contribution is -2.32. The van der Waals surface area contributed by atoms with Gasteiger partial charge in [-0.25, -0.2) is 4.79 Å². The lowest BCUT2D eigenvalue weighted by Gasteiger charge is -2.14. The molecule has 1 atom stereocenters. The van der Waals surface area contributed by atoms with Crippen LogP contribution in [0.1, 0.15) is 23.2 Å². The fourth-order valence-corrected chi connectivity index (χ4v) is 2.88. The smallest absolute Gasteiger partial charge is 0.323 e. The van der Waals surface area contributed by atoms with Crippen molar-refractivity contribution in [1.29, 1.82) is 0 Å². The van der Waals surface area contributed by atoms with E-state index >= 15 is 0 Å². The maximum absolute atomic E-state index is 12.5. The zero-order chi connectivity index (χ0) is 19.1. The second-order valence-corrected chi connectivity index (χ2v) is 6.20. The van der Waals surface area contributed by atoms with E-state index in [1.807, 2.05) is 0 Å². The fourth-order valence-electron chi connectivity index (χ4n) is 2.88. The summed E-state index contributed by atoms with van der Waals surface area (Å²) in [6.07, 6.45) is 2.03. The number of rotatable bonds is 6. The molecule has 0 aromatic heterocycles. The van der Waals surface area contributed by atoms with Gasteiger partial charge in [0.25, 0.3) is 5.91 Å². The molecule has 3 N–H and O–H groups in total. The van der Waals surface area contributed by atoms with Crippen LogP contribution in [0, 0.1) is 0 Å². The summed E-state index contributed by atoms with van der Waals surface area (Å²) in [6, 6.07) is 13.5. The highest BCUT2D eigenvalue weighted by molar-refractivity contribution is 6.06. The van der Waals surface area contributed by atoms with Crippen molar-refractivity contribution in [2.75, 3.05) is 30.9 Å². The predicted molar refractivity (Wildman–Crippen MR) is 103 cm³/mol. The number of nitrogens with one attached hydrogen (secondary N) is 3. The normalized spacial score (nSPS) is 15.8. The lowest BCUT2D eigenvalue weighted by atomic mass is 10.1. The van der Waals surface area contributed by atoms with Gasteiger partial charge in [0.1, 0.15) is 5.75 Å². The van der Waals surface area contributed by atoms with Gasteiger partial charge in [-0.15, -0.1) is 0 Å². The first-order valence-corrected chi connectivity index (χ1v) is 8.86. The third-order valence-corrected chi connectivity index (χ3v) is 4.26. The Morgan fingerprint density at radius 1 is 1.15 bits per heavy atom. The van der Waals surface area contributed by atoms with Gasteiger partial charge < -0.3 is 25.4 Å². The van der Waals surface area contributed by atoms with Crippen LogP contribution in [0.3, 0.4) is 0 Å². The monoisotopic (exact) mass is 369 g/mol. The molecule has 7 nitrogen and oxygen atoms in total. The van der Waals surface area contributed by atoms with Crippen LogP contribution in [0.25, 0.3) is 0 Å². The van der Waals surface area contributed by atoms with Crippen molar-refractivity contribution in [2.24, 2.45) is 0 Å². The molecule has 7 heteroatoms. The number of benzene rings is 2. The molecule has 2 aromatic carbocycles. The SMILES string of the molecule is COc1cccc(NC(=O)Nc2ccccc2C(=O)NC[C@@H]2CCCO2)c1. The first-order chi connectivity index (χ1) is 13.2. The average molecular weight is 369 g/mol. The van der Waals surface area contributed by atoms with Crippen molar-refractivity contribution in [3.05, 3.63) is 54.1 Å². The minimum Gasteiger partial charge on any atom is -0.497 e. The minimum absolute atomic E-state index is 0.0606. The van der Waals surface area contributed by atoms with E-state index in [9.17, 15) is 9.59 Å². The number of hydrogen-bond acceptors (Lipinski definition) is 4. The number of anilines is 2. The Labute approximate surface area is 158 Å². The first kappa shape index (κ1) is 18.7. The van der Waals surface area contributed by atoms with Gasteiger partial charge in [0, 0.05) is 24.9 Å². The molecule has 1 fully saturated rings. The molecule has 142 valence electrons. The van der Waals surface area contributed by atoms with E-state index in [-0.39, 0.29) is 12.0 Å². The van der Waals surface area contributed by atoms with Crippen LogP contribution in [0.5, 0.6) is 5.75 Å². The van der Waals surface area contributed by atoms with Gasteiger partial charge in [0.2, 0.25) is 0 Å². The molecular weight excluding hydrogens is 346 g/mol. The van der Waals surface area contributed by atoms with E-state index < -0.39 is 6.03 Å². The van der Waals surface area contributed by atoms with E-state index in [1.165, 1.54) is 0 Å². The molecule has 2 aromatic rings. The quantitative estimate of drug-likeness (QED) is 0.729. The highest BCUT2D eigenvalue weighted by Crippen LogP contribution is 2.19. The Bertz CT molecular complexity index is 803. The van der Waals surface area contributed by atoms with Crippen molar-refractivity contribution in [2.45, 2.75) is 18.9 Å². The second-order valence-electron chi connectivity index (χ2n) is 6.20. The summed E-state index contributed by atoms with van der Waals surface area (Å²) in [5.74, 6) is 0.393. The van der Waals surface area contributed by atoms with E-state index in [2.05, 4.69) is 16.0 Å². The largest absolute Gasteiger partial charge is 0.497 e. The van der Waals surface area contributed by atoms with Crippen LogP contribution in [0.2, 0.25) is 0 Å². The molecule has 27 heavy (non-hydrogen) atoms. The standard InChI is InChI=1S/C20H23N3O4/c1-26-15-7-4-6-14(12-15)22-20(25)23-18-10-3-2-9-17(18)19(24)21-13-16-8-5-11-27-16/h2-4,6-7,9-10,12,16H,5,8,11,13H2,1H3,(H,21,24)(H2,22,23,25)/t16-/m0/s1. The summed E-state index contributed by atoms with van der Waals surface area (Å²) in [4.78, 5) is 24.8. The minimum atomic E-state index is -0.442. The van der Waals surface area contributed by atoms with Gasteiger partial charge >= 0.3 is 6.03 Å². The Hall–Kier alpha value is -3.06. The number of urea groups is 1. The van der Waals surface area contributed by atoms with Crippen molar-refractivity contribution < 1.29 is 19.1 Å². The molecule has 3 rings (SSSR count). The van der Waals surface area contributed by atoms with Crippen LogP contribution < -0.4 is 20.7 Å². The predicted octanol–water partition coefficient (Wildman–Crippen LogP) is 3.25. The lowest BCUT2D eigenvalue weighted by molar-refractivity contribution is 0.0858. The Morgan fingerprint density at radius 2 is 2.00 bits per heavy atom. The molecule has 1 aliphatic heterocycles. The van der Waals surface area contributed by atoms with Crippen LogP contribution >= 0.6 is 0 Å². The highest BCUT2D eigenvalue weighted by atomic mass is 16.5. The molecule has 1 aliphatic rings. The molecule has 0 aliphatic carbocycles. The third-order valence-electron chi connectivity index (χ3n) is 4.26. The Balaban J connectivity index is 1.62. The van der Waals surface area contributed by atoms with E-state index in [0.717, 1.165) is 19.4 Å². The van der Waals surface area contributed by atoms with Crippen molar-refractivity contribution >= 4 is 23.3 Å². The number of carbonyl (C=O) groups is 2. The van der Waals surface area contributed by atoms with Gasteiger partial charge in [0.05, 0.1) is 24.5 Å². The number of para-hydroxylation sites is 1. The van der Waals surface area contributed by atoms with Gasteiger partial charge in [-0.3, -0.25) is 4.79 Å². The van der Waals surface area contributed by atoms with Crippen molar-refractivity contribution in [1.82, 2.24) is 5.32 Å². The van der Waals surface area contributed by atoms with Gasteiger partial charge in [0.15, 0.2) is 0 Å². The number of carbonyl (C=O) groups excluding carboxylic acids is 2. The van der Waals surface area contributed by atoms with Gasteiger partial charge in [-0.2, -0.15) is 0 Å². The topological polar surface area (TPSA) is 88.7 Å². The molecule has 0 spiro atoms. The molecule has 0 unspecified atom stereocenters. The summed E-state index contributed by atoms with van der Waals surface area (Å²) in [5, 5.41) is 8.32. The van der Waals surface area contributed by atoms with Gasteiger partial charge in [-0.1, -0.05) is 18.2 Å². The number of methoxy groups -OCH3 is 1. The van der Waals surface area contributed by atoms with Gasteiger partial charge in [-0.05, 0) is 37.1 Å². The highest BCUT2D eigenvalue weighted by Gasteiger charge is 2.18. The number of amides is 3. The summed E-state index contributed by atoms with van der Waals surface area (Å²) >= 11 is 0. The first-order valence-electron chi connectivity index (χ1n) is 8.86. The Morgan fingerprint density at radius 3 is 2.78 bits per heavy atom. The van der Waals surface area contributed by atoms with Crippen LogP contribution in [-0.4, -0.2) is 38.3 Å². The molecule has 1 saturated heterocycles. The molecule has 1 heterocycles. The maximum Gasteiger partial charge on any atom is 0.323 e. The van der Waals surface area contributed by atoms with E-state index in [0.29, 0.717) is 29.2 Å². The van der Waals surface area contributed by atoms with Crippen LogP contribution in [0.4, 0.5) is 16.2 Å². The summed E-state index contributed by atoms with van der Waals surface area (Å²) in [5.41, 5.74) is 1.42. The zero-order valence-electron chi connectivity index (χ0n) is 15.2. The van der Waals surface area contributed by atoms with E-state index in [1.54, 1.807) is 55.6 Å². The number of ether oxygens (including phenoxy) is 2. The maximum atomic E-state index is 12.5. The van der Waals surface area contributed by atoms with E-state index in [4.69, 9.17) is 9.47 Å². The van der Waals surface area contributed by atoms with Crippen molar-refractivity contribution in [3.63, 3.8) is 0 Å². The van der Waals surface area contributed by atoms with Crippen molar-refractivity contribution in [3.8, 4) is 5.75 Å². The molecule has 0 bridgehead atoms. The zero-order valence-corrected chi connectivity index (χ0v) is 15.2. The summed E-state index contributed by atoms with van der Waals surface area (Å²) in [6.45, 7) is 1.20. The molecular formula is C20H23N3O4. The second kappa shape index (κ2) is 9.05.